The Balaban J connectivity index is 3.00. The maximum absolute atomic E-state index is 12.5. The Bertz CT molecular complexity index is 1200. The highest BCUT2D eigenvalue weighted by Gasteiger charge is 2.25. The van der Waals surface area contributed by atoms with Crippen molar-refractivity contribution < 1.29 is 40.0 Å². The average molecular weight is 439 g/mol. The molecule has 0 unspecified atom stereocenters. The first kappa shape index (κ1) is 21.5. The van der Waals surface area contributed by atoms with Crippen molar-refractivity contribution in [3.05, 3.63) is 24.3 Å². The minimum atomic E-state index is -4.75. The van der Waals surface area contributed by atoms with Gasteiger partial charge in [-0.2, -0.15) is 8.42 Å². The molecule has 0 atom stereocenters. The molecule has 2 rings (SSSR count). The fourth-order valence-corrected chi connectivity index (χ4v) is 5.54. The zero-order valence-corrected chi connectivity index (χ0v) is 16.2. The lowest BCUT2D eigenvalue weighted by Crippen LogP contribution is -2.14. The predicted molar refractivity (Wildman–Crippen MR) is 96.5 cm³/mol. The largest absolute Gasteiger partial charge is 0.398 e. The van der Waals surface area contributed by atoms with Crippen LogP contribution >= 0.6 is 0 Å². The minimum absolute atomic E-state index is 0.0729. The zero-order valence-electron chi connectivity index (χ0n) is 13.7. The first-order valence-corrected chi connectivity index (χ1v) is 12.1. The van der Waals surface area contributed by atoms with Crippen molar-refractivity contribution in [1.29, 1.82) is 0 Å². The van der Waals surface area contributed by atoms with Gasteiger partial charge in [-0.05, 0) is 29.7 Å². The van der Waals surface area contributed by atoms with Crippen LogP contribution in [0.4, 0.5) is 5.69 Å². The highest BCUT2D eigenvalue weighted by molar-refractivity contribution is 7.92. The Morgan fingerprint density at radius 2 is 1.33 bits per heavy atom. The zero-order chi connectivity index (χ0) is 20.6. The van der Waals surface area contributed by atoms with Gasteiger partial charge in [0.25, 0.3) is 10.1 Å². The summed E-state index contributed by atoms with van der Waals surface area (Å²) in [6.07, 6.45) is 0. The fourth-order valence-electron chi connectivity index (χ4n) is 2.48. The lowest BCUT2D eigenvalue weighted by molar-refractivity contribution is 0.319. The molecule has 0 aliphatic rings. The number of benzene rings is 2. The molecular formula is C14H17NO9S3. The summed E-state index contributed by atoms with van der Waals surface area (Å²) < 4.78 is 81.6. The van der Waals surface area contributed by atoms with Crippen LogP contribution in [0.1, 0.15) is 0 Å². The summed E-state index contributed by atoms with van der Waals surface area (Å²) in [7, 11) is -13.0. The average Bonchev–Trinajstić information content (AvgIpc) is 2.52. The highest BCUT2D eigenvalue weighted by atomic mass is 32.2. The summed E-state index contributed by atoms with van der Waals surface area (Å²) in [4.78, 5) is -1.65. The van der Waals surface area contributed by atoms with E-state index in [-0.39, 0.29) is 10.8 Å². The lowest BCUT2D eigenvalue weighted by Gasteiger charge is -2.13. The summed E-state index contributed by atoms with van der Waals surface area (Å²) in [5.74, 6) is -1.39. The van der Waals surface area contributed by atoms with E-state index in [0.717, 1.165) is 24.3 Å². The van der Waals surface area contributed by atoms with Crippen LogP contribution in [0.25, 0.3) is 10.8 Å². The lowest BCUT2D eigenvalue weighted by atomic mass is 10.1. The molecule has 0 heterocycles. The van der Waals surface area contributed by atoms with Gasteiger partial charge in [-0.3, -0.25) is 4.55 Å². The Hall–Kier alpha value is -1.77. The van der Waals surface area contributed by atoms with Crippen LogP contribution in [-0.4, -0.2) is 64.7 Å². The molecule has 0 bridgehead atoms. The van der Waals surface area contributed by atoms with Gasteiger partial charge in [0, 0.05) is 5.39 Å². The molecule has 0 amide bonds. The van der Waals surface area contributed by atoms with E-state index < -0.39 is 74.9 Å². The molecule has 0 spiro atoms. The molecule has 13 heteroatoms. The van der Waals surface area contributed by atoms with E-state index >= 15 is 0 Å². The molecule has 0 fully saturated rings. The standard InChI is InChI=1S/C14H17NO9S3/c15-12-8-11-9(6-14(12)27(22,23)24)5-10(25(18,19)3-1-16)7-13(11)26(20,21)4-2-17/h5-8,16-17H,1-4,15H2,(H,22,23,24). The number of sulfone groups is 2. The Morgan fingerprint density at radius 1 is 0.778 bits per heavy atom. The molecule has 0 radical (unpaired) electrons. The monoisotopic (exact) mass is 439 g/mol. The van der Waals surface area contributed by atoms with E-state index in [1.165, 1.54) is 0 Å². The molecule has 27 heavy (non-hydrogen) atoms. The quantitative estimate of drug-likeness (QED) is 0.314. The first-order chi connectivity index (χ1) is 12.3. The first-order valence-electron chi connectivity index (χ1n) is 7.35. The fraction of sp³-hybridized carbons (Fsp3) is 0.286. The maximum atomic E-state index is 12.5. The van der Waals surface area contributed by atoms with Crippen molar-refractivity contribution in [2.24, 2.45) is 0 Å². The second kappa shape index (κ2) is 7.33. The molecule has 0 saturated heterocycles. The van der Waals surface area contributed by atoms with E-state index in [1.54, 1.807) is 0 Å². The third-order valence-corrected chi connectivity index (χ3v) is 8.02. The number of rotatable bonds is 7. The van der Waals surface area contributed by atoms with Crippen LogP contribution in [-0.2, 0) is 29.8 Å². The molecule has 5 N–H and O–H groups in total. The Morgan fingerprint density at radius 3 is 1.85 bits per heavy atom. The Kier molecular flexibility index (Phi) is 5.85. The van der Waals surface area contributed by atoms with Gasteiger partial charge in [-0.1, -0.05) is 0 Å². The number of hydrogen-bond acceptors (Lipinski definition) is 9. The highest BCUT2D eigenvalue weighted by Crippen LogP contribution is 2.33. The molecule has 2 aromatic rings. The maximum Gasteiger partial charge on any atom is 0.296 e. The number of aliphatic hydroxyl groups is 2. The topological polar surface area (TPSA) is 189 Å². The molecule has 150 valence electrons. The SMILES string of the molecule is Nc1cc2c(S(=O)(=O)CCO)cc(S(=O)(=O)CCO)cc2cc1S(=O)(=O)O. The molecule has 10 nitrogen and oxygen atoms in total. The van der Waals surface area contributed by atoms with Crippen molar-refractivity contribution in [2.75, 3.05) is 30.5 Å². The van der Waals surface area contributed by atoms with Crippen molar-refractivity contribution >= 4 is 46.3 Å². The molecular weight excluding hydrogens is 422 g/mol. The van der Waals surface area contributed by atoms with Gasteiger partial charge in [0.05, 0.1) is 40.2 Å². The van der Waals surface area contributed by atoms with Crippen LogP contribution in [0.5, 0.6) is 0 Å². The summed E-state index contributed by atoms with van der Waals surface area (Å²) >= 11 is 0. The number of nitrogen functional groups attached to an aromatic ring is 1. The Labute approximate surface area is 155 Å². The number of aliphatic hydroxyl groups excluding tert-OH is 2. The van der Waals surface area contributed by atoms with E-state index in [2.05, 4.69) is 0 Å². The van der Waals surface area contributed by atoms with Gasteiger partial charge in [-0.15, -0.1) is 0 Å². The normalized spacial score (nSPS) is 13.1. The number of hydrogen-bond donors (Lipinski definition) is 4. The number of anilines is 1. The van der Waals surface area contributed by atoms with E-state index in [9.17, 15) is 29.8 Å². The molecule has 0 aliphatic carbocycles. The van der Waals surface area contributed by atoms with E-state index in [4.69, 9.17) is 15.9 Å². The van der Waals surface area contributed by atoms with Crippen LogP contribution < -0.4 is 5.73 Å². The number of nitrogens with two attached hydrogens (primary N) is 1. The van der Waals surface area contributed by atoms with Gasteiger partial charge in [0.1, 0.15) is 4.90 Å². The van der Waals surface area contributed by atoms with Crippen LogP contribution in [0.2, 0.25) is 0 Å². The van der Waals surface area contributed by atoms with Gasteiger partial charge < -0.3 is 15.9 Å². The minimum Gasteiger partial charge on any atom is -0.398 e. The molecule has 0 aromatic heterocycles. The van der Waals surface area contributed by atoms with Crippen LogP contribution in [0.3, 0.4) is 0 Å². The van der Waals surface area contributed by atoms with Crippen LogP contribution in [0, 0.1) is 0 Å². The molecule has 0 saturated carbocycles. The molecule has 2 aromatic carbocycles. The summed E-state index contributed by atoms with van der Waals surface area (Å²) in [5, 5.41) is 17.7. The smallest absolute Gasteiger partial charge is 0.296 e. The van der Waals surface area contributed by atoms with Crippen molar-refractivity contribution in [3.63, 3.8) is 0 Å². The van der Waals surface area contributed by atoms with Crippen LogP contribution in [0.15, 0.2) is 39.0 Å². The number of fused-ring (bicyclic) bond motifs is 1. The van der Waals surface area contributed by atoms with Gasteiger partial charge in [0.2, 0.25) is 0 Å². The van der Waals surface area contributed by atoms with Crippen molar-refractivity contribution in [3.8, 4) is 0 Å². The van der Waals surface area contributed by atoms with Gasteiger partial charge >= 0.3 is 0 Å². The van der Waals surface area contributed by atoms with E-state index in [1.807, 2.05) is 0 Å². The molecule has 0 aliphatic heterocycles. The summed E-state index contributed by atoms with van der Waals surface area (Å²) in [6, 6.07) is 3.73. The predicted octanol–water partition coefficient (Wildman–Crippen LogP) is -0.799. The summed E-state index contributed by atoms with van der Waals surface area (Å²) in [6.45, 7) is -1.44. The third kappa shape index (κ3) is 4.39. The summed E-state index contributed by atoms with van der Waals surface area (Å²) in [5.41, 5.74) is 5.16. The second-order valence-electron chi connectivity index (χ2n) is 5.59. The second-order valence-corrected chi connectivity index (χ2v) is 11.2. The van der Waals surface area contributed by atoms with E-state index in [0.29, 0.717) is 0 Å². The van der Waals surface area contributed by atoms with Crippen molar-refractivity contribution in [2.45, 2.75) is 14.7 Å². The van der Waals surface area contributed by atoms with Gasteiger partial charge in [0.15, 0.2) is 19.7 Å². The van der Waals surface area contributed by atoms with Gasteiger partial charge in [-0.25, -0.2) is 16.8 Å². The third-order valence-electron chi connectivity index (χ3n) is 3.71. The van der Waals surface area contributed by atoms with Crippen molar-refractivity contribution in [1.82, 2.24) is 0 Å².